The third kappa shape index (κ3) is 2.65. The first-order valence-corrected chi connectivity index (χ1v) is 5.61. The number of carbonyl (C=O) groups excluding carboxylic acids is 1. The monoisotopic (exact) mass is 260 g/mol. The van der Waals surface area contributed by atoms with Crippen LogP contribution in [-0.2, 0) is 0 Å². The fourth-order valence-electron chi connectivity index (χ4n) is 1.73. The van der Waals surface area contributed by atoms with Crippen LogP contribution < -0.4 is 16.2 Å². The van der Waals surface area contributed by atoms with Gasteiger partial charge in [-0.05, 0) is 42.8 Å². The smallest absolute Gasteiger partial charge is 0.255 e. The van der Waals surface area contributed by atoms with Crippen molar-refractivity contribution in [1.82, 2.24) is 0 Å². The van der Waals surface area contributed by atoms with Crippen LogP contribution >= 0.6 is 0 Å². The average molecular weight is 260 g/mol. The molecule has 98 valence electrons. The summed E-state index contributed by atoms with van der Waals surface area (Å²) >= 11 is 0. The molecule has 0 heterocycles. The Kier molecular flexibility index (Phi) is 3.37. The predicted octanol–water partition coefficient (Wildman–Crippen LogP) is 2.61. The lowest BCUT2D eigenvalue weighted by Gasteiger charge is -2.12. The molecule has 0 aliphatic rings. The quantitative estimate of drug-likeness (QED) is 0.832. The van der Waals surface area contributed by atoms with Crippen molar-refractivity contribution < 1.29 is 13.9 Å². The number of benzene rings is 2. The van der Waals surface area contributed by atoms with Crippen LogP contribution in [-0.4, -0.2) is 5.91 Å². The third-order valence-electron chi connectivity index (χ3n) is 2.64. The second kappa shape index (κ2) is 4.97. The first-order valence-electron chi connectivity index (χ1n) is 5.61. The summed E-state index contributed by atoms with van der Waals surface area (Å²) in [6, 6.07) is 9.12. The summed E-state index contributed by atoms with van der Waals surface area (Å²) in [5.41, 5.74) is 11.9. The van der Waals surface area contributed by atoms with Gasteiger partial charge in [0.25, 0.3) is 5.91 Å². The largest absolute Gasteiger partial charge is 0.456 e. The van der Waals surface area contributed by atoms with Crippen LogP contribution in [0.3, 0.4) is 0 Å². The number of rotatable bonds is 3. The highest BCUT2D eigenvalue weighted by Crippen LogP contribution is 2.29. The van der Waals surface area contributed by atoms with Crippen molar-refractivity contribution in [3.05, 3.63) is 53.3 Å². The van der Waals surface area contributed by atoms with Gasteiger partial charge in [-0.2, -0.15) is 0 Å². The molecule has 0 fully saturated rings. The first kappa shape index (κ1) is 12.9. The van der Waals surface area contributed by atoms with E-state index in [1.165, 1.54) is 12.1 Å². The number of anilines is 1. The number of nitrogens with two attached hydrogens (primary N) is 2. The van der Waals surface area contributed by atoms with E-state index in [0.29, 0.717) is 11.4 Å². The number of aryl methyl sites for hydroxylation is 1. The highest BCUT2D eigenvalue weighted by molar-refractivity contribution is 5.96. The lowest BCUT2D eigenvalue weighted by molar-refractivity contribution is 0.0994. The van der Waals surface area contributed by atoms with Crippen molar-refractivity contribution in [2.45, 2.75) is 6.92 Å². The van der Waals surface area contributed by atoms with Crippen LogP contribution in [0.1, 0.15) is 15.9 Å². The molecule has 0 radical (unpaired) electrons. The van der Waals surface area contributed by atoms with Gasteiger partial charge in [-0.3, -0.25) is 4.79 Å². The van der Waals surface area contributed by atoms with Crippen molar-refractivity contribution in [3.63, 3.8) is 0 Å². The highest BCUT2D eigenvalue weighted by atomic mass is 19.1. The van der Waals surface area contributed by atoms with Gasteiger partial charge in [-0.25, -0.2) is 4.39 Å². The minimum absolute atomic E-state index is 0.0837. The van der Waals surface area contributed by atoms with E-state index in [4.69, 9.17) is 16.2 Å². The summed E-state index contributed by atoms with van der Waals surface area (Å²) in [6.07, 6.45) is 0. The SMILES string of the molecule is Cc1cc(N)ccc1Oc1cccc(F)c1C(N)=O. The summed E-state index contributed by atoms with van der Waals surface area (Å²) in [4.78, 5) is 11.3. The zero-order valence-corrected chi connectivity index (χ0v) is 10.3. The molecule has 0 saturated heterocycles. The molecule has 5 heteroatoms. The van der Waals surface area contributed by atoms with E-state index in [0.717, 1.165) is 11.6 Å². The maximum atomic E-state index is 13.6. The molecule has 0 unspecified atom stereocenters. The molecule has 1 amide bonds. The van der Waals surface area contributed by atoms with E-state index >= 15 is 0 Å². The van der Waals surface area contributed by atoms with Gasteiger partial charge in [-0.1, -0.05) is 6.07 Å². The zero-order valence-electron chi connectivity index (χ0n) is 10.3. The Balaban J connectivity index is 2.44. The molecule has 0 spiro atoms. The maximum absolute atomic E-state index is 13.6. The van der Waals surface area contributed by atoms with E-state index in [-0.39, 0.29) is 11.3 Å². The van der Waals surface area contributed by atoms with Gasteiger partial charge in [0.15, 0.2) is 0 Å². The van der Waals surface area contributed by atoms with Crippen molar-refractivity contribution in [2.24, 2.45) is 5.73 Å². The van der Waals surface area contributed by atoms with Gasteiger partial charge >= 0.3 is 0 Å². The molecule has 0 aromatic heterocycles. The molecule has 0 aliphatic carbocycles. The number of hydrogen-bond donors (Lipinski definition) is 2. The topological polar surface area (TPSA) is 78.3 Å². The second-order valence-corrected chi connectivity index (χ2v) is 4.10. The van der Waals surface area contributed by atoms with Gasteiger partial charge in [0.1, 0.15) is 22.9 Å². The van der Waals surface area contributed by atoms with Crippen molar-refractivity contribution in [3.8, 4) is 11.5 Å². The number of nitrogen functional groups attached to an aromatic ring is 1. The maximum Gasteiger partial charge on any atom is 0.255 e. The van der Waals surface area contributed by atoms with E-state index in [9.17, 15) is 9.18 Å². The molecule has 2 aromatic carbocycles. The van der Waals surface area contributed by atoms with Crippen LogP contribution in [0.15, 0.2) is 36.4 Å². The van der Waals surface area contributed by atoms with E-state index in [1.807, 2.05) is 0 Å². The molecule has 19 heavy (non-hydrogen) atoms. The molecular formula is C14H13FN2O2. The fraction of sp³-hybridized carbons (Fsp3) is 0.0714. The van der Waals surface area contributed by atoms with Crippen LogP contribution in [0.25, 0.3) is 0 Å². The van der Waals surface area contributed by atoms with Gasteiger partial charge in [-0.15, -0.1) is 0 Å². The molecule has 0 aliphatic heterocycles. The van der Waals surface area contributed by atoms with E-state index < -0.39 is 11.7 Å². The molecule has 0 saturated carbocycles. The lowest BCUT2D eigenvalue weighted by atomic mass is 10.1. The van der Waals surface area contributed by atoms with Gasteiger partial charge in [0, 0.05) is 5.69 Å². The lowest BCUT2D eigenvalue weighted by Crippen LogP contribution is -2.14. The number of hydrogen-bond acceptors (Lipinski definition) is 3. The standard InChI is InChI=1S/C14H13FN2O2/c1-8-7-9(16)5-6-11(8)19-12-4-2-3-10(15)13(12)14(17)18/h2-7H,16H2,1H3,(H2,17,18). The molecule has 0 bridgehead atoms. The zero-order chi connectivity index (χ0) is 14.0. The Bertz CT molecular complexity index is 641. The molecule has 2 aromatic rings. The minimum atomic E-state index is -0.874. The normalized spacial score (nSPS) is 10.2. The van der Waals surface area contributed by atoms with Crippen molar-refractivity contribution in [1.29, 1.82) is 0 Å². The minimum Gasteiger partial charge on any atom is -0.456 e. The summed E-state index contributed by atoms with van der Waals surface area (Å²) in [6.45, 7) is 1.80. The molecule has 0 atom stereocenters. The van der Waals surface area contributed by atoms with Gasteiger partial charge in [0.2, 0.25) is 0 Å². The van der Waals surface area contributed by atoms with E-state index in [2.05, 4.69) is 0 Å². The summed E-state index contributed by atoms with van der Waals surface area (Å²) in [5, 5.41) is 0. The third-order valence-corrected chi connectivity index (χ3v) is 2.64. The molecular weight excluding hydrogens is 247 g/mol. The Hall–Kier alpha value is -2.56. The van der Waals surface area contributed by atoms with Crippen LogP contribution in [0.4, 0.5) is 10.1 Å². The van der Waals surface area contributed by atoms with Gasteiger partial charge in [0.05, 0.1) is 0 Å². The van der Waals surface area contributed by atoms with Crippen molar-refractivity contribution >= 4 is 11.6 Å². The molecule has 2 rings (SSSR count). The molecule has 4 nitrogen and oxygen atoms in total. The molecule has 4 N–H and O–H groups in total. The predicted molar refractivity (Wildman–Crippen MR) is 70.6 cm³/mol. The summed E-state index contributed by atoms with van der Waals surface area (Å²) in [7, 11) is 0. The van der Waals surface area contributed by atoms with Gasteiger partial charge < -0.3 is 16.2 Å². The Labute approximate surface area is 109 Å². The number of primary amides is 1. The number of carbonyl (C=O) groups is 1. The number of ether oxygens (including phenoxy) is 1. The summed E-state index contributed by atoms with van der Waals surface area (Å²) < 4.78 is 19.1. The number of amides is 1. The Morgan fingerprint density at radius 2 is 1.95 bits per heavy atom. The van der Waals surface area contributed by atoms with Crippen molar-refractivity contribution in [2.75, 3.05) is 5.73 Å². The average Bonchev–Trinajstić information content (AvgIpc) is 2.32. The highest BCUT2D eigenvalue weighted by Gasteiger charge is 2.16. The Morgan fingerprint density at radius 3 is 2.58 bits per heavy atom. The fourth-order valence-corrected chi connectivity index (χ4v) is 1.73. The Morgan fingerprint density at radius 1 is 1.21 bits per heavy atom. The number of halogens is 1. The van der Waals surface area contributed by atoms with Crippen LogP contribution in [0, 0.1) is 12.7 Å². The first-order chi connectivity index (χ1) is 8.99. The second-order valence-electron chi connectivity index (χ2n) is 4.10. The van der Waals surface area contributed by atoms with E-state index in [1.54, 1.807) is 25.1 Å². The van der Waals surface area contributed by atoms with Crippen LogP contribution in [0.2, 0.25) is 0 Å². The summed E-state index contributed by atoms with van der Waals surface area (Å²) in [5.74, 6) is -1.01. The van der Waals surface area contributed by atoms with Crippen LogP contribution in [0.5, 0.6) is 11.5 Å².